The van der Waals surface area contributed by atoms with Gasteiger partial charge in [-0.2, -0.15) is 0 Å². The first-order valence-corrected chi connectivity index (χ1v) is 6.69. The maximum atomic E-state index is 12.3. The van der Waals surface area contributed by atoms with E-state index in [0.29, 0.717) is 10.7 Å². The van der Waals surface area contributed by atoms with Crippen molar-refractivity contribution in [3.8, 4) is 5.69 Å². The van der Waals surface area contributed by atoms with Crippen molar-refractivity contribution in [2.75, 3.05) is 5.73 Å². The van der Waals surface area contributed by atoms with Crippen LogP contribution in [0.4, 0.5) is 5.69 Å². The van der Waals surface area contributed by atoms with Gasteiger partial charge in [-0.05, 0) is 38.0 Å². The molecule has 0 aliphatic rings. The fourth-order valence-corrected chi connectivity index (χ4v) is 2.29. The lowest BCUT2D eigenvalue weighted by Crippen LogP contribution is -2.22. The third kappa shape index (κ3) is 2.28. The Morgan fingerprint density at radius 2 is 2.00 bits per heavy atom. The van der Waals surface area contributed by atoms with Gasteiger partial charge in [0.2, 0.25) is 0 Å². The van der Waals surface area contributed by atoms with E-state index >= 15 is 0 Å². The Balaban J connectivity index is 2.70. The van der Waals surface area contributed by atoms with Crippen LogP contribution in [0.15, 0.2) is 23.0 Å². The smallest absolute Gasteiger partial charge is 0.294 e. The van der Waals surface area contributed by atoms with Crippen LogP contribution < -0.4 is 11.3 Å². The molecule has 5 heteroatoms. The molecule has 0 saturated heterocycles. The molecule has 19 heavy (non-hydrogen) atoms. The molecule has 0 aliphatic carbocycles. The molecule has 0 radical (unpaired) electrons. The highest BCUT2D eigenvalue weighted by molar-refractivity contribution is 6.31. The molecular formula is C14H18ClN3O. The van der Waals surface area contributed by atoms with Crippen LogP contribution in [0, 0.1) is 13.8 Å². The second-order valence-electron chi connectivity index (χ2n) is 4.67. The van der Waals surface area contributed by atoms with E-state index in [-0.39, 0.29) is 5.56 Å². The summed E-state index contributed by atoms with van der Waals surface area (Å²) < 4.78 is 3.50. The van der Waals surface area contributed by atoms with Crippen molar-refractivity contribution < 1.29 is 0 Å². The molecule has 0 aliphatic heterocycles. The summed E-state index contributed by atoms with van der Waals surface area (Å²) in [5.41, 5.74) is 8.48. The van der Waals surface area contributed by atoms with Crippen molar-refractivity contribution in [3.05, 3.63) is 44.8 Å². The Morgan fingerprint density at radius 1 is 1.32 bits per heavy atom. The molecule has 0 bridgehead atoms. The highest BCUT2D eigenvalue weighted by Crippen LogP contribution is 2.20. The van der Waals surface area contributed by atoms with E-state index < -0.39 is 0 Å². The fraction of sp³-hybridized carbons (Fsp3) is 0.357. The van der Waals surface area contributed by atoms with Gasteiger partial charge >= 0.3 is 0 Å². The maximum Gasteiger partial charge on any atom is 0.294 e. The van der Waals surface area contributed by atoms with Gasteiger partial charge < -0.3 is 5.73 Å². The Hall–Kier alpha value is -1.68. The van der Waals surface area contributed by atoms with Crippen molar-refractivity contribution in [2.24, 2.45) is 0 Å². The lowest BCUT2D eigenvalue weighted by molar-refractivity contribution is 0.523. The Kier molecular flexibility index (Phi) is 3.71. The summed E-state index contributed by atoms with van der Waals surface area (Å²) >= 11 is 6.14. The molecule has 0 spiro atoms. The monoisotopic (exact) mass is 279 g/mol. The molecule has 0 atom stereocenters. The van der Waals surface area contributed by atoms with Crippen LogP contribution in [0.5, 0.6) is 0 Å². The van der Waals surface area contributed by atoms with Crippen molar-refractivity contribution in [2.45, 2.75) is 33.7 Å². The molecule has 2 N–H and O–H groups in total. The maximum absolute atomic E-state index is 12.3. The van der Waals surface area contributed by atoms with Crippen molar-refractivity contribution in [1.82, 2.24) is 9.36 Å². The van der Waals surface area contributed by atoms with Crippen LogP contribution in [0.25, 0.3) is 5.69 Å². The number of hydrogen-bond donors (Lipinski definition) is 1. The second-order valence-corrected chi connectivity index (χ2v) is 5.08. The first-order chi connectivity index (χ1) is 8.97. The molecule has 0 amide bonds. The summed E-state index contributed by atoms with van der Waals surface area (Å²) in [5.74, 6) is 0. The summed E-state index contributed by atoms with van der Waals surface area (Å²) in [6.45, 7) is 6.59. The van der Waals surface area contributed by atoms with Gasteiger partial charge in [0.1, 0.15) is 5.69 Å². The molecule has 1 heterocycles. The molecule has 102 valence electrons. The molecule has 4 nitrogen and oxygen atoms in total. The van der Waals surface area contributed by atoms with Crippen LogP contribution in [0.2, 0.25) is 5.02 Å². The van der Waals surface area contributed by atoms with Gasteiger partial charge in [0, 0.05) is 11.6 Å². The van der Waals surface area contributed by atoms with Gasteiger partial charge in [0.25, 0.3) is 5.56 Å². The number of nitrogens with zero attached hydrogens (tertiary/aromatic N) is 2. The number of benzene rings is 1. The first kappa shape index (κ1) is 13.7. The van der Waals surface area contributed by atoms with Crippen LogP contribution in [-0.2, 0) is 6.54 Å². The lowest BCUT2D eigenvalue weighted by atomic mass is 10.2. The Labute approximate surface area is 117 Å². The van der Waals surface area contributed by atoms with Gasteiger partial charge in [0.05, 0.1) is 11.4 Å². The van der Waals surface area contributed by atoms with E-state index in [0.717, 1.165) is 29.9 Å². The highest BCUT2D eigenvalue weighted by atomic mass is 35.5. The summed E-state index contributed by atoms with van der Waals surface area (Å²) in [5, 5.41) is 0.643. The van der Waals surface area contributed by atoms with Crippen LogP contribution >= 0.6 is 11.6 Å². The number of aryl methyl sites for hydroxylation is 1. The molecular weight excluding hydrogens is 262 g/mol. The Bertz CT molecular complexity index is 670. The van der Waals surface area contributed by atoms with E-state index in [4.69, 9.17) is 17.3 Å². The lowest BCUT2D eigenvalue weighted by Gasteiger charge is -2.13. The van der Waals surface area contributed by atoms with Gasteiger partial charge in [-0.15, -0.1) is 0 Å². The minimum Gasteiger partial charge on any atom is -0.393 e. The molecule has 0 fully saturated rings. The number of nitrogen functional groups attached to an aromatic ring is 1. The zero-order chi connectivity index (χ0) is 14.2. The topological polar surface area (TPSA) is 52.9 Å². The van der Waals surface area contributed by atoms with Crippen molar-refractivity contribution >= 4 is 17.3 Å². The number of anilines is 1. The zero-order valence-electron chi connectivity index (χ0n) is 11.4. The number of halogens is 1. The average Bonchev–Trinajstić information content (AvgIpc) is 2.59. The molecule has 1 aromatic heterocycles. The van der Waals surface area contributed by atoms with Gasteiger partial charge in [-0.25, -0.2) is 4.68 Å². The predicted molar refractivity (Wildman–Crippen MR) is 79.2 cm³/mol. The second kappa shape index (κ2) is 5.13. The molecule has 2 aromatic rings. The number of nitrogens with two attached hydrogens (primary N) is 1. The highest BCUT2D eigenvalue weighted by Gasteiger charge is 2.15. The largest absolute Gasteiger partial charge is 0.393 e. The minimum atomic E-state index is -0.189. The standard InChI is InChI=1S/C14H18ClN3O/c1-4-7-17-10(3)13(16)14(19)18(17)11-6-5-9(2)12(15)8-11/h5-6,8H,4,7,16H2,1-3H3. The Morgan fingerprint density at radius 3 is 2.58 bits per heavy atom. The fourth-order valence-electron chi connectivity index (χ4n) is 2.12. The summed E-state index contributed by atoms with van der Waals surface area (Å²) in [4.78, 5) is 12.3. The molecule has 0 unspecified atom stereocenters. The average molecular weight is 280 g/mol. The third-order valence-electron chi connectivity index (χ3n) is 3.28. The van der Waals surface area contributed by atoms with Gasteiger partial charge in [0.15, 0.2) is 0 Å². The van der Waals surface area contributed by atoms with Gasteiger partial charge in [-0.1, -0.05) is 24.6 Å². The third-order valence-corrected chi connectivity index (χ3v) is 3.68. The summed E-state index contributed by atoms with van der Waals surface area (Å²) in [6, 6.07) is 5.58. The summed E-state index contributed by atoms with van der Waals surface area (Å²) in [7, 11) is 0. The molecule has 0 saturated carbocycles. The summed E-state index contributed by atoms with van der Waals surface area (Å²) in [6.07, 6.45) is 0.925. The SMILES string of the molecule is CCCn1c(C)c(N)c(=O)n1-c1ccc(C)c(Cl)c1. The van der Waals surface area contributed by atoms with Gasteiger partial charge in [-0.3, -0.25) is 9.48 Å². The number of aromatic nitrogens is 2. The predicted octanol–water partition coefficient (Wildman–Crippen LogP) is 2.90. The van der Waals surface area contributed by atoms with Crippen molar-refractivity contribution in [1.29, 1.82) is 0 Å². The normalized spacial score (nSPS) is 10.9. The molecule has 2 rings (SSSR count). The minimum absolute atomic E-state index is 0.189. The first-order valence-electron chi connectivity index (χ1n) is 6.31. The van der Waals surface area contributed by atoms with E-state index in [1.807, 2.05) is 30.7 Å². The van der Waals surface area contributed by atoms with Crippen LogP contribution in [0.1, 0.15) is 24.6 Å². The van der Waals surface area contributed by atoms with E-state index in [9.17, 15) is 4.79 Å². The van der Waals surface area contributed by atoms with Crippen LogP contribution in [-0.4, -0.2) is 9.36 Å². The zero-order valence-corrected chi connectivity index (χ0v) is 12.2. The quantitative estimate of drug-likeness (QED) is 0.939. The number of rotatable bonds is 3. The van der Waals surface area contributed by atoms with E-state index in [1.54, 1.807) is 10.7 Å². The van der Waals surface area contributed by atoms with E-state index in [1.165, 1.54) is 0 Å². The number of hydrogen-bond acceptors (Lipinski definition) is 2. The van der Waals surface area contributed by atoms with E-state index in [2.05, 4.69) is 6.92 Å². The van der Waals surface area contributed by atoms with Crippen molar-refractivity contribution in [3.63, 3.8) is 0 Å². The van der Waals surface area contributed by atoms with Crippen LogP contribution in [0.3, 0.4) is 0 Å². The molecule has 1 aromatic carbocycles.